The molecule has 2 heterocycles. The smallest absolute Gasteiger partial charge is 0.255 e. The summed E-state index contributed by atoms with van der Waals surface area (Å²) in [5.41, 5.74) is 4.14. The quantitative estimate of drug-likeness (QED) is 0.375. The molecule has 6 rings (SSSR count). The first-order valence-electron chi connectivity index (χ1n) is 13.1. The van der Waals surface area contributed by atoms with E-state index in [1.54, 1.807) is 31.4 Å². The van der Waals surface area contributed by atoms with Gasteiger partial charge in [0.1, 0.15) is 17.2 Å². The Balaban J connectivity index is 1.11. The van der Waals surface area contributed by atoms with E-state index in [9.17, 15) is 9.59 Å². The maximum absolute atomic E-state index is 13.8. The van der Waals surface area contributed by atoms with Crippen LogP contribution in [-0.2, 0) is 4.79 Å². The zero-order valence-electron chi connectivity index (χ0n) is 21.7. The van der Waals surface area contributed by atoms with Crippen molar-refractivity contribution in [3.8, 4) is 17.2 Å². The molecule has 0 unspecified atom stereocenters. The number of ether oxygens (including phenoxy) is 2. The summed E-state index contributed by atoms with van der Waals surface area (Å²) in [5, 5.41) is 2.94. The van der Waals surface area contributed by atoms with Crippen LogP contribution in [0.3, 0.4) is 0 Å². The first-order valence-corrected chi connectivity index (χ1v) is 13.1. The molecule has 2 amide bonds. The average molecular weight is 520 g/mol. The van der Waals surface area contributed by atoms with Crippen molar-refractivity contribution in [1.82, 2.24) is 4.90 Å². The summed E-state index contributed by atoms with van der Waals surface area (Å²) in [6.45, 7) is 2.73. The monoisotopic (exact) mass is 519 g/mol. The molecule has 0 saturated carbocycles. The second kappa shape index (κ2) is 10.5. The lowest BCUT2D eigenvalue weighted by Gasteiger charge is -2.38. The molecule has 0 aromatic heterocycles. The van der Waals surface area contributed by atoms with E-state index in [1.807, 2.05) is 77.7 Å². The molecular formula is C32H29N3O4. The summed E-state index contributed by atoms with van der Waals surface area (Å²) in [4.78, 5) is 30.7. The van der Waals surface area contributed by atoms with Crippen LogP contribution in [0.15, 0.2) is 97.1 Å². The van der Waals surface area contributed by atoms with Crippen molar-refractivity contribution in [2.45, 2.75) is 5.92 Å². The molecule has 0 bridgehead atoms. The molecule has 4 aromatic carbocycles. The number of nitrogens with zero attached hydrogens (tertiary/aromatic N) is 2. The number of carbonyl (C=O) groups excluding carboxylic acids is 2. The van der Waals surface area contributed by atoms with Crippen molar-refractivity contribution >= 4 is 23.2 Å². The standard InChI is InChI=1S/C32H29N3O4/c1-38-25-8-6-7-22(21-25)31(36)33-23-13-15-24(16-14-23)34-17-19-35(20-18-34)32(37)30-26-9-2-4-11-28(26)39-29-12-5-3-10-27(29)30/h2-16,21,30H,17-20H2,1H3,(H,33,36). The summed E-state index contributed by atoms with van der Waals surface area (Å²) in [7, 11) is 1.58. The molecule has 0 aliphatic carbocycles. The van der Waals surface area contributed by atoms with E-state index in [2.05, 4.69) is 10.2 Å². The highest BCUT2D eigenvalue weighted by Crippen LogP contribution is 2.44. The summed E-state index contributed by atoms with van der Waals surface area (Å²) in [6, 6.07) is 30.5. The van der Waals surface area contributed by atoms with Gasteiger partial charge in [-0.05, 0) is 54.6 Å². The molecule has 2 aliphatic rings. The van der Waals surface area contributed by atoms with E-state index in [0.717, 1.165) is 47.1 Å². The van der Waals surface area contributed by atoms with Crippen molar-refractivity contribution in [2.24, 2.45) is 0 Å². The van der Waals surface area contributed by atoms with E-state index in [-0.39, 0.29) is 17.7 Å². The number of fused-ring (bicyclic) bond motifs is 2. The van der Waals surface area contributed by atoms with Gasteiger partial charge in [0.2, 0.25) is 5.91 Å². The molecule has 7 heteroatoms. The van der Waals surface area contributed by atoms with Crippen LogP contribution in [0.4, 0.5) is 11.4 Å². The summed E-state index contributed by atoms with van der Waals surface area (Å²) < 4.78 is 11.3. The summed E-state index contributed by atoms with van der Waals surface area (Å²) >= 11 is 0. The third kappa shape index (κ3) is 4.91. The van der Waals surface area contributed by atoms with E-state index >= 15 is 0 Å². The minimum Gasteiger partial charge on any atom is -0.497 e. The fraction of sp³-hybridized carbons (Fsp3) is 0.188. The number of nitrogens with one attached hydrogen (secondary N) is 1. The van der Waals surface area contributed by atoms with Crippen LogP contribution in [0.1, 0.15) is 27.4 Å². The first-order chi connectivity index (χ1) is 19.1. The van der Waals surface area contributed by atoms with Crippen LogP contribution < -0.4 is 19.7 Å². The Kier molecular flexibility index (Phi) is 6.63. The second-order valence-electron chi connectivity index (χ2n) is 9.66. The Hall–Kier alpha value is -4.78. The predicted octanol–water partition coefficient (Wildman–Crippen LogP) is 5.53. The average Bonchev–Trinajstić information content (AvgIpc) is 3.00. The molecule has 0 radical (unpaired) electrons. The van der Waals surface area contributed by atoms with Gasteiger partial charge in [-0.15, -0.1) is 0 Å². The van der Waals surface area contributed by atoms with Gasteiger partial charge >= 0.3 is 0 Å². The van der Waals surface area contributed by atoms with Crippen LogP contribution in [0.25, 0.3) is 0 Å². The van der Waals surface area contributed by atoms with E-state index in [4.69, 9.17) is 9.47 Å². The minimum atomic E-state index is -0.370. The van der Waals surface area contributed by atoms with Gasteiger partial charge in [-0.2, -0.15) is 0 Å². The number of rotatable bonds is 5. The third-order valence-electron chi connectivity index (χ3n) is 7.34. The number of anilines is 2. The number of hydrogen-bond acceptors (Lipinski definition) is 5. The van der Waals surface area contributed by atoms with Crippen molar-refractivity contribution in [3.05, 3.63) is 114 Å². The van der Waals surface area contributed by atoms with E-state index < -0.39 is 0 Å². The maximum atomic E-state index is 13.8. The van der Waals surface area contributed by atoms with Crippen molar-refractivity contribution in [2.75, 3.05) is 43.5 Å². The Labute approximate surface area is 227 Å². The molecule has 196 valence electrons. The van der Waals surface area contributed by atoms with Crippen LogP contribution >= 0.6 is 0 Å². The first kappa shape index (κ1) is 24.6. The van der Waals surface area contributed by atoms with Gasteiger partial charge in [-0.1, -0.05) is 42.5 Å². The van der Waals surface area contributed by atoms with Gasteiger partial charge in [-0.3, -0.25) is 9.59 Å². The summed E-state index contributed by atoms with van der Waals surface area (Å²) in [5.74, 6) is 1.67. The molecule has 7 nitrogen and oxygen atoms in total. The molecule has 4 aromatic rings. The predicted molar refractivity (Wildman–Crippen MR) is 151 cm³/mol. The third-order valence-corrected chi connectivity index (χ3v) is 7.34. The van der Waals surface area contributed by atoms with Gasteiger partial charge in [0.25, 0.3) is 5.91 Å². The number of carbonyl (C=O) groups is 2. The van der Waals surface area contributed by atoms with Crippen LogP contribution in [0.5, 0.6) is 17.2 Å². The van der Waals surface area contributed by atoms with Gasteiger partial charge in [0.05, 0.1) is 13.0 Å². The van der Waals surface area contributed by atoms with Gasteiger partial charge in [0, 0.05) is 54.2 Å². The molecular weight excluding hydrogens is 490 g/mol. The number of piperazine rings is 1. The molecule has 0 atom stereocenters. The highest BCUT2D eigenvalue weighted by atomic mass is 16.5. The molecule has 39 heavy (non-hydrogen) atoms. The second-order valence-corrected chi connectivity index (χ2v) is 9.66. The Morgan fingerprint density at radius 3 is 2.08 bits per heavy atom. The Morgan fingerprint density at radius 2 is 1.44 bits per heavy atom. The zero-order valence-corrected chi connectivity index (χ0v) is 21.7. The Morgan fingerprint density at radius 1 is 0.795 bits per heavy atom. The van der Waals surface area contributed by atoms with E-state index in [0.29, 0.717) is 24.4 Å². The SMILES string of the molecule is COc1cccc(C(=O)Nc2ccc(N3CCN(C(=O)C4c5ccccc5Oc5ccccc54)CC3)cc2)c1. The number of para-hydroxylation sites is 2. The highest BCUT2D eigenvalue weighted by molar-refractivity contribution is 6.04. The molecule has 0 spiro atoms. The lowest BCUT2D eigenvalue weighted by atomic mass is 9.86. The number of hydrogen-bond donors (Lipinski definition) is 1. The largest absolute Gasteiger partial charge is 0.497 e. The molecule has 1 fully saturated rings. The van der Waals surface area contributed by atoms with Crippen LogP contribution in [0, 0.1) is 0 Å². The fourth-order valence-corrected chi connectivity index (χ4v) is 5.27. The van der Waals surface area contributed by atoms with Gasteiger partial charge in [0.15, 0.2) is 0 Å². The normalized spacial score (nSPS) is 14.6. The lowest BCUT2D eigenvalue weighted by Crippen LogP contribution is -2.50. The molecule has 1 N–H and O–H groups in total. The van der Waals surface area contributed by atoms with Crippen molar-refractivity contribution in [3.63, 3.8) is 0 Å². The highest BCUT2D eigenvalue weighted by Gasteiger charge is 2.36. The fourth-order valence-electron chi connectivity index (χ4n) is 5.27. The van der Waals surface area contributed by atoms with Crippen molar-refractivity contribution in [1.29, 1.82) is 0 Å². The number of benzene rings is 4. The van der Waals surface area contributed by atoms with Crippen LogP contribution in [-0.4, -0.2) is 50.0 Å². The van der Waals surface area contributed by atoms with E-state index in [1.165, 1.54) is 0 Å². The number of amides is 2. The minimum absolute atomic E-state index is 0.105. The lowest BCUT2D eigenvalue weighted by molar-refractivity contribution is -0.132. The summed E-state index contributed by atoms with van der Waals surface area (Å²) in [6.07, 6.45) is 0. The van der Waals surface area contributed by atoms with Gasteiger partial charge < -0.3 is 24.6 Å². The Bertz CT molecular complexity index is 1460. The number of methoxy groups -OCH3 is 1. The topological polar surface area (TPSA) is 71.1 Å². The van der Waals surface area contributed by atoms with Gasteiger partial charge in [-0.25, -0.2) is 0 Å². The van der Waals surface area contributed by atoms with Crippen molar-refractivity contribution < 1.29 is 19.1 Å². The molecule has 1 saturated heterocycles. The molecule has 2 aliphatic heterocycles. The zero-order chi connectivity index (χ0) is 26.8. The maximum Gasteiger partial charge on any atom is 0.255 e. The van der Waals surface area contributed by atoms with Crippen LogP contribution in [0.2, 0.25) is 0 Å².